The summed E-state index contributed by atoms with van der Waals surface area (Å²) in [6, 6.07) is 7.52. The zero-order chi connectivity index (χ0) is 16.2. The van der Waals surface area contributed by atoms with E-state index in [1.54, 1.807) is 6.07 Å². The Bertz CT molecular complexity index is 478. The van der Waals surface area contributed by atoms with E-state index in [1.165, 1.54) is 12.5 Å². The Hall–Kier alpha value is -0.970. The molecular formula is C18H29FN2O. The summed E-state index contributed by atoms with van der Waals surface area (Å²) >= 11 is 0. The first-order chi connectivity index (χ1) is 10.4. The van der Waals surface area contributed by atoms with Gasteiger partial charge in [0.05, 0.1) is 0 Å². The van der Waals surface area contributed by atoms with Gasteiger partial charge in [-0.3, -0.25) is 4.90 Å². The summed E-state index contributed by atoms with van der Waals surface area (Å²) < 4.78 is 13.8. The zero-order valence-corrected chi connectivity index (χ0v) is 14.1. The second-order valence-corrected chi connectivity index (χ2v) is 7.36. The van der Waals surface area contributed by atoms with E-state index in [0.29, 0.717) is 12.6 Å². The molecule has 2 rings (SSSR count). The highest BCUT2D eigenvalue weighted by molar-refractivity contribution is 5.17. The quantitative estimate of drug-likeness (QED) is 0.875. The SMILES string of the molecule is CN(CC(C)(C)CO)[C@@H]1CCCN(Cc2ccccc2F)C1. The fourth-order valence-electron chi connectivity index (χ4n) is 3.26. The topological polar surface area (TPSA) is 26.7 Å². The van der Waals surface area contributed by atoms with Crippen molar-refractivity contribution >= 4 is 0 Å². The van der Waals surface area contributed by atoms with Crippen molar-refractivity contribution in [3.8, 4) is 0 Å². The van der Waals surface area contributed by atoms with Gasteiger partial charge in [-0.15, -0.1) is 0 Å². The van der Waals surface area contributed by atoms with Crippen molar-refractivity contribution in [1.29, 1.82) is 0 Å². The van der Waals surface area contributed by atoms with E-state index < -0.39 is 0 Å². The molecule has 0 radical (unpaired) electrons. The maximum atomic E-state index is 13.8. The highest BCUT2D eigenvalue weighted by Crippen LogP contribution is 2.22. The van der Waals surface area contributed by atoms with Gasteiger partial charge in [0.2, 0.25) is 0 Å². The molecule has 1 aromatic rings. The number of rotatable bonds is 6. The zero-order valence-electron chi connectivity index (χ0n) is 14.1. The second-order valence-electron chi connectivity index (χ2n) is 7.36. The molecule has 4 heteroatoms. The summed E-state index contributed by atoms with van der Waals surface area (Å²) in [5.74, 6) is -0.112. The summed E-state index contributed by atoms with van der Waals surface area (Å²) in [6.07, 6.45) is 2.31. The Kier molecular flexibility index (Phi) is 5.95. The normalized spacial score (nSPS) is 20.5. The van der Waals surface area contributed by atoms with Crippen LogP contribution >= 0.6 is 0 Å². The van der Waals surface area contributed by atoms with Crippen molar-refractivity contribution < 1.29 is 9.50 Å². The van der Waals surface area contributed by atoms with Crippen LogP contribution in [0, 0.1) is 11.2 Å². The molecule has 1 aliphatic heterocycles. The summed E-state index contributed by atoms with van der Waals surface area (Å²) in [7, 11) is 2.13. The lowest BCUT2D eigenvalue weighted by Gasteiger charge is -2.40. The maximum Gasteiger partial charge on any atom is 0.127 e. The molecule has 1 aliphatic rings. The fraction of sp³-hybridized carbons (Fsp3) is 0.667. The highest BCUT2D eigenvalue weighted by Gasteiger charge is 2.27. The fourth-order valence-corrected chi connectivity index (χ4v) is 3.26. The van der Waals surface area contributed by atoms with Crippen molar-refractivity contribution in [1.82, 2.24) is 9.80 Å². The monoisotopic (exact) mass is 308 g/mol. The molecule has 1 N–H and O–H groups in total. The Balaban J connectivity index is 1.93. The van der Waals surface area contributed by atoms with E-state index in [2.05, 4.69) is 30.7 Å². The van der Waals surface area contributed by atoms with E-state index in [9.17, 15) is 9.50 Å². The number of aliphatic hydroxyl groups excluding tert-OH is 1. The second kappa shape index (κ2) is 7.53. The van der Waals surface area contributed by atoms with E-state index in [1.807, 2.05) is 12.1 Å². The smallest absolute Gasteiger partial charge is 0.127 e. The average Bonchev–Trinajstić information content (AvgIpc) is 2.49. The van der Waals surface area contributed by atoms with Gasteiger partial charge >= 0.3 is 0 Å². The summed E-state index contributed by atoms with van der Waals surface area (Å²) in [5.41, 5.74) is 0.698. The number of likely N-dealkylation sites (N-methyl/N-ethyl adjacent to an activating group) is 1. The number of aliphatic hydroxyl groups is 1. The molecule has 1 aromatic carbocycles. The average molecular weight is 308 g/mol. The third kappa shape index (κ3) is 4.77. The molecule has 1 atom stereocenters. The Morgan fingerprint density at radius 3 is 2.77 bits per heavy atom. The lowest BCUT2D eigenvalue weighted by molar-refractivity contribution is 0.0591. The third-order valence-corrected chi connectivity index (χ3v) is 4.56. The molecule has 1 saturated heterocycles. The van der Waals surface area contributed by atoms with Gasteiger partial charge in [-0.05, 0) is 32.5 Å². The van der Waals surface area contributed by atoms with E-state index in [4.69, 9.17) is 0 Å². The number of hydrogen-bond donors (Lipinski definition) is 1. The Morgan fingerprint density at radius 2 is 2.09 bits per heavy atom. The third-order valence-electron chi connectivity index (χ3n) is 4.56. The molecule has 0 bridgehead atoms. The predicted molar refractivity (Wildman–Crippen MR) is 88.2 cm³/mol. The van der Waals surface area contributed by atoms with E-state index in [0.717, 1.165) is 31.6 Å². The molecule has 0 saturated carbocycles. The highest BCUT2D eigenvalue weighted by atomic mass is 19.1. The van der Waals surface area contributed by atoms with Crippen LogP contribution in [0.4, 0.5) is 4.39 Å². The molecule has 22 heavy (non-hydrogen) atoms. The molecule has 0 aliphatic carbocycles. The molecule has 3 nitrogen and oxygen atoms in total. The Labute approximate surface area is 133 Å². The maximum absolute atomic E-state index is 13.8. The van der Waals surface area contributed by atoms with Crippen LogP contribution in [0.1, 0.15) is 32.3 Å². The molecule has 0 aromatic heterocycles. The van der Waals surface area contributed by atoms with Gasteiger partial charge < -0.3 is 10.0 Å². The number of piperidine rings is 1. The van der Waals surface area contributed by atoms with Crippen molar-refractivity contribution in [3.05, 3.63) is 35.6 Å². The van der Waals surface area contributed by atoms with Crippen molar-refractivity contribution in [3.63, 3.8) is 0 Å². The summed E-state index contributed by atoms with van der Waals surface area (Å²) in [4.78, 5) is 4.69. The van der Waals surface area contributed by atoms with E-state index in [-0.39, 0.29) is 17.8 Å². The Morgan fingerprint density at radius 1 is 1.36 bits per heavy atom. The molecule has 1 fully saturated rings. The standard InChI is InChI=1S/C18H29FN2O/c1-18(2,14-22)13-20(3)16-8-6-10-21(12-16)11-15-7-4-5-9-17(15)19/h4-5,7,9,16,22H,6,8,10-14H2,1-3H3/t16-/m1/s1. The summed E-state index contributed by atoms with van der Waals surface area (Å²) in [6.45, 7) is 7.92. The van der Waals surface area contributed by atoms with Gasteiger partial charge in [-0.2, -0.15) is 0 Å². The van der Waals surface area contributed by atoms with Crippen LogP contribution in [0.2, 0.25) is 0 Å². The lowest BCUT2D eigenvalue weighted by Crippen LogP contribution is -2.49. The van der Waals surface area contributed by atoms with Gasteiger partial charge in [0.1, 0.15) is 5.82 Å². The van der Waals surface area contributed by atoms with Crippen LogP contribution in [0.25, 0.3) is 0 Å². The van der Waals surface area contributed by atoms with Crippen LogP contribution < -0.4 is 0 Å². The van der Waals surface area contributed by atoms with Gasteiger partial charge in [-0.25, -0.2) is 4.39 Å². The minimum absolute atomic E-state index is 0.0808. The number of nitrogens with zero attached hydrogens (tertiary/aromatic N) is 2. The van der Waals surface area contributed by atoms with Crippen molar-refractivity contribution in [2.24, 2.45) is 5.41 Å². The number of benzene rings is 1. The van der Waals surface area contributed by atoms with Gasteiger partial charge in [0.15, 0.2) is 0 Å². The molecule has 0 spiro atoms. The van der Waals surface area contributed by atoms with Crippen LogP contribution in [0.3, 0.4) is 0 Å². The molecule has 124 valence electrons. The molecule has 0 amide bonds. The molecular weight excluding hydrogens is 279 g/mol. The minimum Gasteiger partial charge on any atom is -0.396 e. The predicted octanol–water partition coefficient (Wildman–Crippen LogP) is 2.74. The van der Waals surface area contributed by atoms with Crippen molar-refractivity contribution in [2.75, 3.05) is 33.3 Å². The van der Waals surface area contributed by atoms with Gasteiger partial charge in [0.25, 0.3) is 0 Å². The molecule has 0 unspecified atom stereocenters. The largest absolute Gasteiger partial charge is 0.396 e. The number of likely N-dealkylation sites (tertiary alicyclic amines) is 1. The first-order valence-electron chi connectivity index (χ1n) is 8.18. The van der Waals surface area contributed by atoms with Gasteiger partial charge in [0, 0.05) is 43.3 Å². The van der Waals surface area contributed by atoms with E-state index >= 15 is 0 Å². The van der Waals surface area contributed by atoms with Gasteiger partial charge in [-0.1, -0.05) is 32.0 Å². The van der Waals surface area contributed by atoms with Crippen molar-refractivity contribution in [2.45, 2.75) is 39.3 Å². The first-order valence-corrected chi connectivity index (χ1v) is 8.18. The summed E-state index contributed by atoms with van der Waals surface area (Å²) in [5, 5.41) is 9.44. The lowest BCUT2D eigenvalue weighted by atomic mass is 9.92. The van der Waals surface area contributed by atoms with Crippen LogP contribution in [-0.4, -0.2) is 54.2 Å². The van der Waals surface area contributed by atoms with Crippen LogP contribution in [0.5, 0.6) is 0 Å². The minimum atomic E-state index is -0.112. The number of hydrogen-bond acceptors (Lipinski definition) is 3. The molecule has 1 heterocycles. The first kappa shape index (κ1) is 17.4. The number of halogens is 1. The van der Waals surface area contributed by atoms with Crippen LogP contribution in [-0.2, 0) is 6.54 Å². The van der Waals surface area contributed by atoms with Crippen LogP contribution in [0.15, 0.2) is 24.3 Å².